The second-order valence-electron chi connectivity index (χ2n) is 4.03. The van der Waals surface area contributed by atoms with Gasteiger partial charge in [0.15, 0.2) is 0 Å². The zero-order valence-electron chi connectivity index (χ0n) is 9.77. The summed E-state index contributed by atoms with van der Waals surface area (Å²) in [7, 11) is 1.66. The maximum Gasteiger partial charge on any atom is 0.237 e. The normalized spacial score (nSPS) is 25.1. The summed E-state index contributed by atoms with van der Waals surface area (Å²) >= 11 is 2.04. The average molecular weight is 238 g/mol. The number of rotatable bonds is 3. The number of methoxy groups -OCH3 is 1. The molecule has 88 valence electrons. The molecule has 3 nitrogen and oxygen atoms in total. The van der Waals surface area contributed by atoms with Crippen LogP contribution in [0.15, 0.2) is 18.3 Å². The van der Waals surface area contributed by atoms with E-state index in [0.29, 0.717) is 17.2 Å². The van der Waals surface area contributed by atoms with Crippen molar-refractivity contribution in [1.82, 2.24) is 4.98 Å². The van der Waals surface area contributed by atoms with Gasteiger partial charge in [-0.25, -0.2) is 4.98 Å². The van der Waals surface area contributed by atoms with Crippen LogP contribution in [0.25, 0.3) is 0 Å². The van der Waals surface area contributed by atoms with Gasteiger partial charge in [-0.2, -0.15) is 11.8 Å². The van der Waals surface area contributed by atoms with Gasteiger partial charge in [0, 0.05) is 17.5 Å². The lowest BCUT2D eigenvalue weighted by Crippen LogP contribution is -2.32. The summed E-state index contributed by atoms with van der Waals surface area (Å²) in [5.41, 5.74) is 1.00. The molecule has 0 saturated carbocycles. The largest absolute Gasteiger partial charge is 0.480 e. The number of aromatic nitrogens is 1. The summed E-state index contributed by atoms with van der Waals surface area (Å²) in [5.74, 6) is 1.97. The van der Waals surface area contributed by atoms with Crippen molar-refractivity contribution in [2.45, 2.75) is 31.1 Å². The Morgan fingerprint density at radius 1 is 1.56 bits per heavy atom. The first kappa shape index (κ1) is 11.6. The van der Waals surface area contributed by atoms with Crippen molar-refractivity contribution in [2.24, 2.45) is 0 Å². The Kier molecular flexibility index (Phi) is 3.93. The maximum atomic E-state index is 5.24. The fourth-order valence-electron chi connectivity index (χ4n) is 1.98. The first-order valence-electron chi connectivity index (χ1n) is 5.68. The average Bonchev–Trinajstić information content (AvgIpc) is 2.33. The lowest BCUT2D eigenvalue weighted by atomic mass is 10.1. The standard InChI is InChI=1S/C12H18N2OS/c1-9-10(6-4-8-16-9)14-11-5-3-7-13-12(11)15-2/h3,5,7,9-10,14H,4,6,8H2,1-2H3. The predicted octanol–water partition coefficient (Wildman–Crippen LogP) is 2.79. The van der Waals surface area contributed by atoms with Crippen LogP contribution >= 0.6 is 11.8 Å². The summed E-state index contributed by atoms with van der Waals surface area (Å²) in [6.07, 6.45) is 4.27. The molecule has 0 bridgehead atoms. The molecule has 2 rings (SSSR count). The van der Waals surface area contributed by atoms with E-state index in [1.807, 2.05) is 23.9 Å². The molecule has 1 saturated heterocycles. The minimum Gasteiger partial charge on any atom is -0.480 e. The Morgan fingerprint density at radius 3 is 3.19 bits per heavy atom. The molecule has 2 heterocycles. The topological polar surface area (TPSA) is 34.1 Å². The molecule has 2 atom stereocenters. The van der Waals surface area contributed by atoms with E-state index in [1.165, 1.54) is 18.6 Å². The molecule has 1 aliphatic rings. The van der Waals surface area contributed by atoms with E-state index in [-0.39, 0.29) is 0 Å². The zero-order valence-corrected chi connectivity index (χ0v) is 10.6. The van der Waals surface area contributed by atoms with Crippen LogP contribution in [0.4, 0.5) is 5.69 Å². The molecule has 4 heteroatoms. The lowest BCUT2D eigenvalue weighted by Gasteiger charge is -2.30. The Hall–Kier alpha value is -0.900. The minimum atomic E-state index is 0.525. The third-order valence-electron chi connectivity index (χ3n) is 2.91. The number of pyridine rings is 1. The summed E-state index contributed by atoms with van der Waals surface area (Å²) < 4.78 is 5.24. The van der Waals surface area contributed by atoms with Gasteiger partial charge in [0.1, 0.15) is 0 Å². The van der Waals surface area contributed by atoms with Gasteiger partial charge in [-0.15, -0.1) is 0 Å². The minimum absolute atomic E-state index is 0.525. The second kappa shape index (κ2) is 5.43. The van der Waals surface area contributed by atoms with Crippen LogP contribution in [0.5, 0.6) is 5.88 Å². The highest BCUT2D eigenvalue weighted by Crippen LogP contribution is 2.29. The van der Waals surface area contributed by atoms with E-state index >= 15 is 0 Å². The van der Waals surface area contributed by atoms with E-state index in [0.717, 1.165) is 5.69 Å². The van der Waals surface area contributed by atoms with Gasteiger partial charge in [-0.1, -0.05) is 6.92 Å². The van der Waals surface area contributed by atoms with E-state index in [1.54, 1.807) is 13.3 Å². The van der Waals surface area contributed by atoms with Crippen LogP contribution in [-0.2, 0) is 0 Å². The Balaban J connectivity index is 2.07. The van der Waals surface area contributed by atoms with Crippen molar-refractivity contribution in [3.05, 3.63) is 18.3 Å². The predicted molar refractivity (Wildman–Crippen MR) is 69.4 cm³/mol. The van der Waals surface area contributed by atoms with Crippen molar-refractivity contribution in [1.29, 1.82) is 0 Å². The maximum absolute atomic E-state index is 5.24. The van der Waals surface area contributed by atoms with E-state index in [9.17, 15) is 0 Å². The van der Waals surface area contributed by atoms with E-state index in [4.69, 9.17) is 4.74 Å². The number of thioether (sulfide) groups is 1. The van der Waals surface area contributed by atoms with Crippen LogP contribution in [-0.4, -0.2) is 29.1 Å². The van der Waals surface area contributed by atoms with E-state index < -0.39 is 0 Å². The van der Waals surface area contributed by atoms with Gasteiger partial charge in [-0.3, -0.25) is 0 Å². The van der Waals surface area contributed by atoms with Crippen LogP contribution in [0.1, 0.15) is 19.8 Å². The van der Waals surface area contributed by atoms with Crippen molar-refractivity contribution >= 4 is 17.4 Å². The highest BCUT2D eigenvalue weighted by molar-refractivity contribution is 8.00. The van der Waals surface area contributed by atoms with Crippen LogP contribution in [0, 0.1) is 0 Å². The molecule has 2 unspecified atom stereocenters. The fourth-order valence-corrected chi connectivity index (χ4v) is 3.12. The number of nitrogens with one attached hydrogen (secondary N) is 1. The quantitative estimate of drug-likeness (QED) is 0.878. The Labute approximate surface area is 101 Å². The number of ether oxygens (including phenoxy) is 1. The Bertz CT molecular complexity index is 346. The molecule has 0 aliphatic carbocycles. The van der Waals surface area contributed by atoms with Gasteiger partial charge in [0.2, 0.25) is 5.88 Å². The van der Waals surface area contributed by atoms with Gasteiger partial charge in [0.05, 0.1) is 12.8 Å². The van der Waals surface area contributed by atoms with Gasteiger partial charge >= 0.3 is 0 Å². The Morgan fingerprint density at radius 2 is 2.44 bits per heavy atom. The number of anilines is 1. The molecule has 0 radical (unpaired) electrons. The van der Waals surface area contributed by atoms with Crippen LogP contribution < -0.4 is 10.1 Å². The molecule has 0 aromatic carbocycles. The summed E-state index contributed by atoms with van der Waals surface area (Å²) in [4.78, 5) is 4.20. The van der Waals surface area contributed by atoms with Gasteiger partial charge < -0.3 is 10.1 Å². The van der Waals surface area contributed by atoms with Crippen molar-refractivity contribution in [2.75, 3.05) is 18.2 Å². The fraction of sp³-hybridized carbons (Fsp3) is 0.583. The molecule has 1 aromatic heterocycles. The highest BCUT2D eigenvalue weighted by atomic mass is 32.2. The SMILES string of the molecule is COc1ncccc1NC1CCCSC1C. The smallest absolute Gasteiger partial charge is 0.237 e. The van der Waals surface area contributed by atoms with Crippen molar-refractivity contribution < 1.29 is 4.74 Å². The number of hydrogen-bond acceptors (Lipinski definition) is 4. The van der Waals surface area contributed by atoms with Crippen molar-refractivity contribution in [3.8, 4) is 5.88 Å². The molecule has 1 N–H and O–H groups in total. The first-order valence-corrected chi connectivity index (χ1v) is 6.73. The molecule has 0 amide bonds. The molecule has 1 aromatic rings. The monoisotopic (exact) mass is 238 g/mol. The first-order chi connectivity index (χ1) is 7.81. The second-order valence-corrected chi connectivity index (χ2v) is 5.51. The summed E-state index contributed by atoms with van der Waals surface area (Å²) in [6.45, 7) is 2.28. The molecular formula is C12H18N2OS. The molecule has 0 spiro atoms. The van der Waals surface area contributed by atoms with E-state index in [2.05, 4.69) is 17.2 Å². The van der Waals surface area contributed by atoms with Gasteiger partial charge in [0.25, 0.3) is 0 Å². The highest BCUT2D eigenvalue weighted by Gasteiger charge is 2.22. The molecular weight excluding hydrogens is 220 g/mol. The molecule has 16 heavy (non-hydrogen) atoms. The molecule has 1 fully saturated rings. The number of nitrogens with zero attached hydrogens (tertiary/aromatic N) is 1. The van der Waals surface area contributed by atoms with Crippen LogP contribution in [0.2, 0.25) is 0 Å². The molecule has 1 aliphatic heterocycles. The van der Waals surface area contributed by atoms with Crippen molar-refractivity contribution in [3.63, 3.8) is 0 Å². The summed E-state index contributed by atoms with van der Waals surface area (Å²) in [6, 6.07) is 4.49. The lowest BCUT2D eigenvalue weighted by molar-refractivity contribution is 0.399. The third kappa shape index (κ3) is 2.61. The number of hydrogen-bond donors (Lipinski definition) is 1. The third-order valence-corrected chi connectivity index (χ3v) is 4.29. The summed E-state index contributed by atoms with van der Waals surface area (Å²) in [5, 5.41) is 4.19. The van der Waals surface area contributed by atoms with Crippen LogP contribution in [0.3, 0.4) is 0 Å². The zero-order chi connectivity index (χ0) is 11.4. The van der Waals surface area contributed by atoms with Gasteiger partial charge in [-0.05, 0) is 30.7 Å².